The highest BCUT2D eigenvalue weighted by Crippen LogP contribution is 2.31. The summed E-state index contributed by atoms with van der Waals surface area (Å²) in [5.41, 5.74) is 4.62. The van der Waals surface area contributed by atoms with Crippen molar-refractivity contribution in [1.29, 1.82) is 0 Å². The van der Waals surface area contributed by atoms with Gasteiger partial charge in [-0.1, -0.05) is 50.2 Å². The fraction of sp³-hybridized carbons (Fsp3) is 0.350. The van der Waals surface area contributed by atoms with Gasteiger partial charge in [0, 0.05) is 17.4 Å². The van der Waals surface area contributed by atoms with Crippen molar-refractivity contribution in [3.63, 3.8) is 0 Å². The molecule has 0 aliphatic carbocycles. The Morgan fingerprint density at radius 3 is 2.65 bits per heavy atom. The number of amides is 1. The van der Waals surface area contributed by atoms with Gasteiger partial charge >= 0.3 is 0 Å². The topological polar surface area (TPSA) is 32.3 Å². The number of hydrogen-bond donors (Lipinski definition) is 1. The number of nitrogens with one attached hydrogen (secondary N) is 1. The first-order valence-electron chi connectivity index (χ1n) is 8.29. The number of hydrogen-bond acceptors (Lipinski definition) is 2. The molecule has 120 valence electrons. The number of nitrogens with zero attached hydrogens (tertiary/aromatic N) is 1. The number of rotatable bonds is 4. The van der Waals surface area contributed by atoms with Crippen LogP contribution in [-0.2, 0) is 11.2 Å². The van der Waals surface area contributed by atoms with Gasteiger partial charge in [-0.05, 0) is 42.5 Å². The molecule has 0 aromatic heterocycles. The second-order valence-corrected chi connectivity index (χ2v) is 6.60. The molecule has 3 nitrogen and oxygen atoms in total. The summed E-state index contributed by atoms with van der Waals surface area (Å²) in [4.78, 5) is 14.7. The molecule has 0 bridgehead atoms. The summed E-state index contributed by atoms with van der Waals surface area (Å²) in [6.45, 7) is 6.85. The van der Waals surface area contributed by atoms with Crippen LogP contribution in [0.2, 0.25) is 0 Å². The van der Waals surface area contributed by atoms with E-state index in [-0.39, 0.29) is 5.91 Å². The van der Waals surface area contributed by atoms with E-state index in [1.54, 1.807) is 0 Å². The van der Waals surface area contributed by atoms with Gasteiger partial charge in [0.15, 0.2) is 0 Å². The monoisotopic (exact) mass is 308 g/mol. The van der Waals surface area contributed by atoms with Crippen LogP contribution in [0.25, 0.3) is 0 Å². The third-order valence-corrected chi connectivity index (χ3v) is 4.52. The molecule has 2 aromatic rings. The Morgan fingerprint density at radius 2 is 1.87 bits per heavy atom. The Labute approximate surface area is 138 Å². The Kier molecular flexibility index (Phi) is 4.37. The van der Waals surface area contributed by atoms with E-state index in [0.717, 1.165) is 12.1 Å². The van der Waals surface area contributed by atoms with E-state index in [4.69, 9.17) is 0 Å². The molecule has 1 atom stereocenters. The average Bonchev–Trinajstić information content (AvgIpc) is 2.83. The first-order chi connectivity index (χ1) is 11.1. The molecule has 1 amide bonds. The van der Waals surface area contributed by atoms with E-state index in [2.05, 4.69) is 55.3 Å². The van der Waals surface area contributed by atoms with E-state index in [1.807, 2.05) is 24.3 Å². The zero-order chi connectivity index (χ0) is 16.4. The van der Waals surface area contributed by atoms with Crippen molar-refractivity contribution in [3.8, 4) is 0 Å². The number of benzene rings is 2. The largest absolute Gasteiger partial charge is 0.359 e. The van der Waals surface area contributed by atoms with Gasteiger partial charge in [0.05, 0.1) is 6.54 Å². The molecule has 1 aliphatic rings. The summed E-state index contributed by atoms with van der Waals surface area (Å²) >= 11 is 0. The smallest absolute Gasteiger partial charge is 0.243 e. The van der Waals surface area contributed by atoms with Crippen LogP contribution in [0.1, 0.15) is 37.8 Å². The van der Waals surface area contributed by atoms with Crippen LogP contribution in [-0.4, -0.2) is 18.5 Å². The van der Waals surface area contributed by atoms with Crippen LogP contribution >= 0.6 is 0 Å². The van der Waals surface area contributed by atoms with E-state index in [1.165, 1.54) is 16.8 Å². The first kappa shape index (κ1) is 15.6. The summed E-state index contributed by atoms with van der Waals surface area (Å²) in [6, 6.07) is 16.8. The summed E-state index contributed by atoms with van der Waals surface area (Å²) in [5.74, 6) is 0.430. The Bertz CT molecular complexity index is 708. The SMILES string of the molecule is CC(C)c1ccccc1NC(=O)CN1c2ccccc2C[C@H]1C. The Hall–Kier alpha value is -2.29. The Balaban J connectivity index is 1.74. The quantitative estimate of drug-likeness (QED) is 0.918. The van der Waals surface area contributed by atoms with Gasteiger partial charge in [0.25, 0.3) is 0 Å². The van der Waals surface area contributed by atoms with E-state index >= 15 is 0 Å². The van der Waals surface area contributed by atoms with Crippen LogP contribution < -0.4 is 10.2 Å². The van der Waals surface area contributed by atoms with Crippen LogP contribution in [0.15, 0.2) is 48.5 Å². The highest BCUT2D eigenvalue weighted by molar-refractivity contribution is 5.95. The summed E-state index contributed by atoms with van der Waals surface area (Å²) in [7, 11) is 0. The molecule has 1 heterocycles. The van der Waals surface area contributed by atoms with Crippen molar-refractivity contribution in [2.45, 2.75) is 39.2 Å². The van der Waals surface area contributed by atoms with Crippen molar-refractivity contribution in [2.75, 3.05) is 16.8 Å². The van der Waals surface area contributed by atoms with Gasteiger partial charge in [-0.15, -0.1) is 0 Å². The number of carbonyl (C=O) groups is 1. The van der Waals surface area contributed by atoms with Crippen LogP contribution in [0.3, 0.4) is 0 Å². The van der Waals surface area contributed by atoms with Crippen molar-refractivity contribution < 1.29 is 4.79 Å². The summed E-state index contributed by atoms with van der Waals surface area (Å²) in [6.07, 6.45) is 1.01. The molecule has 0 saturated heterocycles. The molecule has 1 aliphatic heterocycles. The molecule has 23 heavy (non-hydrogen) atoms. The third kappa shape index (κ3) is 3.24. The van der Waals surface area contributed by atoms with Crippen LogP contribution in [0.5, 0.6) is 0 Å². The van der Waals surface area contributed by atoms with Crippen molar-refractivity contribution in [3.05, 3.63) is 59.7 Å². The van der Waals surface area contributed by atoms with E-state index in [0.29, 0.717) is 18.5 Å². The minimum Gasteiger partial charge on any atom is -0.359 e. The molecule has 0 spiro atoms. The minimum absolute atomic E-state index is 0.0432. The van der Waals surface area contributed by atoms with Gasteiger partial charge < -0.3 is 10.2 Å². The Morgan fingerprint density at radius 1 is 1.17 bits per heavy atom. The van der Waals surface area contributed by atoms with Gasteiger partial charge in [-0.3, -0.25) is 4.79 Å². The maximum atomic E-state index is 12.5. The number of carbonyl (C=O) groups excluding carboxylic acids is 1. The maximum Gasteiger partial charge on any atom is 0.243 e. The predicted octanol–water partition coefficient (Wildman–Crippen LogP) is 4.20. The molecule has 0 saturated carbocycles. The van der Waals surface area contributed by atoms with Crippen molar-refractivity contribution in [2.24, 2.45) is 0 Å². The molecule has 0 fully saturated rings. The molecule has 2 aromatic carbocycles. The zero-order valence-electron chi connectivity index (χ0n) is 14.0. The molecule has 0 radical (unpaired) electrons. The fourth-order valence-corrected chi connectivity index (χ4v) is 3.33. The normalized spacial score (nSPS) is 16.5. The lowest BCUT2D eigenvalue weighted by Crippen LogP contribution is -2.37. The third-order valence-electron chi connectivity index (χ3n) is 4.52. The second-order valence-electron chi connectivity index (χ2n) is 6.60. The van der Waals surface area contributed by atoms with E-state index < -0.39 is 0 Å². The first-order valence-corrected chi connectivity index (χ1v) is 8.29. The van der Waals surface area contributed by atoms with E-state index in [9.17, 15) is 4.79 Å². The van der Waals surface area contributed by atoms with Crippen molar-refractivity contribution >= 4 is 17.3 Å². The van der Waals surface area contributed by atoms with Gasteiger partial charge in [0.1, 0.15) is 0 Å². The zero-order valence-corrected chi connectivity index (χ0v) is 14.0. The predicted molar refractivity (Wildman–Crippen MR) is 96.1 cm³/mol. The van der Waals surface area contributed by atoms with Crippen LogP contribution in [0, 0.1) is 0 Å². The molecular weight excluding hydrogens is 284 g/mol. The molecule has 1 N–H and O–H groups in total. The molecular formula is C20H24N2O. The van der Waals surface area contributed by atoms with Crippen molar-refractivity contribution in [1.82, 2.24) is 0 Å². The number of anilines is 2. The molecule has 0 unspecified atom stereocenters. The number of para-hydroxylation sites is 2. The lowest BCUT2D eigenvalue weighted by atomic mass is 10.0. The van der Waals surface area contributed by atoms with Gasteiger partial charge in [0.2, 0.25) is 5.91 Å². The number of fused-ring (bicyclic) bond motifs is 1. The average molecular weight is 308 g/mol. The van der Waals surface area contributed by atoms with Gasteiger partial charge in [-0.2, -0.15) is 0 Å². The summed E-state index contributed by atoms with van der Waals surface area (Å²) in [5, 5.41) is 3.09. The lowest BCUT2D eigenvalue weighted by Gasteiger charge is -2.24. The fourth-order valence-electron chi connectivity index (χ4n) is 3.33. The highest BCUT2D eigenvalue weighted by Gasteiger charge is 2.27. The highest BCUT2D eigenvalue weighted by atomic mass is 16.2. The lowest BCUT2D eigenvalue weighted by molar-refractivity contribution is -0.115. The second kappa shape index (κ2) is 6.45. The maximum absolute atomic E-state index is 12.5. The molecule has 3 rings (SSSR count). The van der Waals surface area contributed by atoms with Crippen LogP contribution in [0.4, 0.5) is 11.4 Å². The minimum atomic E-state index is 0.0432. The summed E-state index contributed by atoms with van der Waals surface area (Å²) < 4.78 is 0. The molecule has 3 heteroatoms. The standard InChI is InChI=1S/C20H24N2O/c1-14(2)17-9-5-6-10-18(17)21-20(23)13-22-15(3)12-16-8-4-7-11-19(16)22/h4-11,14-15H,12-13H2,1-3H3,(H,21,23)/t15-/m1/s1. The van der Waals surface area contributed by atoms with Gasteiger partial charge in [-0.25, -0.2) is 0 Å².